The van der Waals surface area contributed by atoms with Gasteiger partial charge in [-0.3, -0.25) is 0 Å². The van der Waals surface area contributed by atoms with Crippen molar-refractivity contribution in [3.05, 3.63) is 0 Å². The van der Waals surface area contributed by atoms with E-state index in [0.717, 1.165) is 19.5 Å². The van der Waals surface area contributed by atoms with Gasteiger partial charge in [0.2, 0.25) is 0 Å². The summed E-state index contributed by atoms with van der Waals surface area (Å²) < 4.78 is 0. The molecule has 0 saturated carbocycles. The highest BCUT2D eigenvalue weighted by atomic mass is 16.3. The molecule has 1 saturated heterocycles. The zero-order valence-electron chi connectivity index (χ0n) is 12.6. The first kappa shape index (κ1) is 15.0. The van der Waals surface area contributed by atoms with Crippen LogP contribution in [0.1, 0.15) is 54.4 Å². The van der Waals surface area contributed by atoms with Crippen molar-refractivity contribution < 1.29 is 5.11 Å². The summed E-state index contributed by atoms with van der Waals surface area (Å²) in [5.74, 6) is 0.432. The number of nitrogens with one attached hydrogen (secondary N) is 1. The van der Waals surface area contributed by atoms with E-state index in [1.165, 1.54) is 6.42 Å². The molecule has 2 nitrogen and oxygen atoms in total. The molecule has 0 radical (unpaired) electrons. The van der Waals surface area contributed by atoms with Crippen molar-refractivity contribution in [2.24, 2.45) is 22.2 Å². The van der Waals surface area contributed by atoms with Crippen LogP contribution in [-0.2, 0) is 0 Å². The van der Waals surface area contributed by atoms with Crippen LogP contribution in [0.3, 0.4) is 0 Å². The minimum atomic E-state index is 0.280. The number of aliphatic hydroxyl groups is 1. The number of hydrogen-bond acceptors (Lipinski definition) is 2. The molecule has 1 heterocycles. The van der Waals surface area contributed by atoms with Gasteiger partial charge in [-0.15, -0.1) is 0 Å². The molecule has 1 aliphatic rings. The lowest BCUT2D eigenvalue weighted by Crippen LogP contribution is -2.51. The first-order valence-electron chi connectivity index (χ1n) is 6.96. The van der Waals surface area contributed by atoms with Gasteiger partial charge in [-0.1, -0.05) is 41.5 Å². The minimum absolute atomic E-state index is 0.280. The van der Waals surface area contributed by atoms with Gasteiger partial charge in [0.1, 0.15) is 0 Å². The van der Waals surface area contributed by atoms with Crippen molar-refractivity contribution in [2.75, 3.05) is 19.7 Å². The highest BCUT2D eigenvalue weighted by Gasteiger charge is 2.50. The third kappa shape index (κ3) is 2.85. The summed E-state index contributed by atoms with van der Waals surface area (Å²) in [5.41, 5.74) is 0.856. The molecule has 1 rings (SSSR count). The van der Waals surface area contributed by atoms with Crippen molar-refractivity contribution in [3.63, 3.8) is 0 Å². The van der Waals surface area contributed by atoms with E-state index in [9.17, 15) is 5.11 Å². The summed E-state index contributed by atoms with van der Waals surface area (Å²) >= 11 is 0. The van der Waals surface area contributed by atoms with Crippen molar-refractivity contribution in [2.45, 2.75) is 54.4 Å². The maximum Gasteiger partial charge on any atom is 0.0471 e. The molecule has 1 fully saturated rings. The van der Waals surface area contributed by atoms with Crippen LogP contribution in [-0.4, -0.2) is 24.8 Å². The average molecular weight is 241 g/mol. The Morgan fingerprint density at radius 1 is 1.12 bits per heavy atom. The Labute approximate surface area is 107 Å². The van der Waals surface area contributed by atoms with E-state index in [4.69, 9.17) is 0 Å². The molecule has 0 spiro atoms. The largest absolute Gasteiger partial charge is 0.396 e. The standard InChI is InChI=1S/C15H31NO/c1-13(2,3)15(14(4,5)6)8-7-12(10-17)9-16-11-15/h12,16-17H,7-11H2,1-6H3. The van der Waals surface area contributed by atoms with E-state index in [1.54, 1.807) is 0 Å². The Balaban J connectivity index is 3.01. The van der Waals surface area contributed by atoms with Crippen molar-refractivity contribution in [1.29, 1.82) is 0 Å². The fraction of sp³-hybridized carbons (Fsp3) is 1.00. The second kappa shape index (κ2) is 4.89. The second-order valence-electron chi connectivity index (χ2n) is 7.80. The van der Waals surface area contributed by atoms with Gasteiger partial charge >= 0.3 is 0 Å². The van der Waals surface area contributed by atoms with Crippen molar-refractivity contribution >= 4 is 0 Å². The minimum Gasteiger partial charge on any atom is -0.396 e. The van der Waals surface area contributed by atoms with Gasteiger partial charge in [-0.05, 0) is 35.0 Å². The Morgan fingerprint density at radius 2 is 1.65 bits per heavy atom. The molecule has 2 N–H and O–H groups in total. The molecule has 0 aromatic carbocycles. The fourth-order valence-corrected chi connectivity index (χ4v) is 3.69. The molecule has 0 bridgehead atoms. The summed E-state index contributed by atoms with van der Waals surface area (Å²) in [6, 6.07) is 0. The van der Waals surface area contributed by atoms with Crippen molar-refractivity contribution in [1.82, 2.24) is 5.32 Å². The molecule has 0 aliphatic carbocycles. The van der Waals surface area contributed by atoms with Crippen LogP contribution >= 0.6 is 0 Å². The normalized spacial score (nSPS) is 26.6. The summed E-state index contributed by atoms with van der Waals surface area (Å²) in [4.78, 5) is 0. The van der Waals surface area contributed by atoms with Crippen LogP contribution in [0.15, 0.2) is 0 Å². The predicted molar refractivity (Wildman–Crippen MR) is 74.0 cm³/mol. The monoisotopic (exact) mass is 241 g/mol. The molecule has 0 aromatic heterocycles. The van der Waals surface area contributed by atoms with Gasteiger partial charge in [-0.2, -0.15) is 0 Å². The van der Waals surface area contributed by atoms with Gasteiger partial charge in [0, 0.05) is 19.7 Å². The first-order valence-corrected chi connectivity index (χ1v) is 6.96. The van der Waals surface area contributed by atoms with Crippen LogP contribution in [0, 0.1) is 22.2 Å². The maximum absolute atomic E-state index is 9.35. The van der Waals surface area contributed by atoms with Crippen LogP contribution < -0.4 is 5.32 Å². The van der Waals surface area contributed by atoms with E-state index in [-0.39, 0.29) is 10.8 Å². The number of hydrogen-bond donors (Lipinski definition) is 2. The number of rotatable bonds is 1. The van der Waals surface area contributed by atoms with Crippen LogP contribution in [0.4, 0.5) is 0 Å². The lowest BCUT2D eigenvalue weighted by atomic mass is 9.52. The zero-order valence-corrected chi connectivity index (χ0v) is 12.6. The average Bonchev–Trinajstić information content (AvgIpc) is 2.37. The van der Waals surface area contributed by atoms with Gasteiger partial charge in [0.25, 0.3) is 0 Å². The van der Waals surface area contributed by atoms with Gasteiger partial charge in [0.05, 0.1) is 0 Å². The molecule has 102 valence electrons. The molecular weight excluding hydrogens is 210 g/mol. The molecule has 1 atom stereocenters. The lowest BCUT2D eigenvalue weighted by molar-refractivity contribution is -0.0360. The topological polar surface area (TPSA) is 32.3 Å². The Bertz CT molecular complexity index is 233. The van der Waals surface area contributed by atoms with E-state index in [2.05, 4.69) is 46.9 Å². The maximum atomic E-state index is 9.35. The van der Waals surface area contributed by atoms with Gasteiger partial charge in [0.15, 0.2) is 0 Å². The third-order valence-electron chi connectivity index (χ3n) is 4.97. The van der Waals surface area contributed by atoms with Crippen LogP contribution in [0.2, 0.25) is 0 Å². The first-order chi connectivity index (χ1) is 7.64. The fourth-order valence-electron chi connectivity index (χ4n) is 3.69. The summed E-state index contributed by atoms with van der Waals surface area (Å²) in [7, 11) is 0. The summed E-state index contributed by atoms with van der Waals surface area (Å²) in [5, 5.41) is 12.9. The van der Waals surface area contributed by atoms with Crippen molar-refractivity contribution in [3.8, 4) is 0 Å². The lowest BCUT2D eigenvalue weighted by Gasteiger charge is -2.54. The highest BCUT2D eigenvalue weighted by Crippen LogP contribution is 2.55. The van der Waals surface area contributed by atoms with Crippen LogP contribution in [0.25, 0.3) is 0 Å². The Morgan fingerprint density at radius 3 is 2.06 bits per heavy atom. The smallest absolute Gasteiger partial charge is 0.0471 e. The van der Waals surface area contributed by atoms with Crippen LogP contribution in [0.5, 0.6) is 0 Å². The summed E-state index contributed by atoms with van der Waals surface area (Å²) in [6.07, 6.45) is 2.34. The van der Waals surface area contributed by atoms with E-state index >= 15 is 0 Å². The SMILES string of the molecule is CC(C)(C)C1(C(C)(C)C)CCC(CO)CNC1. The highest BCUT2D eigenvalue weighted by molar-refractivity contribution is 5.01. The third-order valence-corrected chi connectivity index (χ3v) is 4.97. The molecule has 0 aromatic rings. The Hall–Kier alpha value is -0.0800. The number of aliphatic hydroxyl groups excluding tert-OH is 1. The van der Waals surface area contributed by atoms with E-state index < -0.39 is 0 Å². The zero-order chi connectivity index (χ0) is 13.3. The Kier molecular flexibility index (Phi) is 4.31. The molecule has 2 heteroatoms. The van der Waals surface area contributed by atoms with E-state index in [0.29, 0.717) is 17.9 Å². The van der Waals surface area contributed by atoms with E-state index in [1.807, 2.05) is 0 Å². The molecule has 0 amide bonds. The molecule has 17 heavy (non-hydrogen) atoms. The van der Waals surface area contributed by atoms with Gasteiger partial charge < -0.3 is 10.4 Å². The summed E-state index contributed by atoms with van der Waals surface area (Å²) in [6.45, 7) is 16.5. The molecular formula is C15H31NO. The quantitative estimate of drug-likeness (QED) is 0.739. The van der Waals surface area contributed by atoms with Gasteiger partial charge in [-0.25, -0.2) is 0 Å². The predicted octanol–water partition coefficient (Wildman–Crippen LogP) is 3.06. The second-order valence-corrected chi connectivity index (χ2v) is 7.80. The molecule has 1 aliphatic heterocycles. The molecule has 1 unspecified atom stereocenters.